The lowest BCUT2D eigenvalue weighted by molar-refractivity contribution is 0.602. The van der Waals surface area contributed by atoms with Gasteiger partial charge in [0, 0.05) is 18.4 Å². The summed E-state index contributed by atoms with van der Waals surface area (Å²) in [6.45, 7) is 0.699. The first-order valence-corrected chi connectivity index (χ1v) is 9.47. The molecule has 0 aliphatic rings. The van der Waals surface area contributed by atoms with Gasteiger partial charge in [-0.05, 0) is 29.8 Å². The highest BCUT2D eigenvalue weighted by molar-refractivity contribution is 7.90. The van der Waals surface area contributed by atoms with E-state index in [1.807, 2.05) is 36.4 Å². The predicted octanol–water partition coefficient (Wildman–Crippen LogP) is 3.76. The highest BCUT2D eigenvalue weighted by Gasteiger charge is 2.07. The Labute approximate surface area is 142 Å². The van der Waals surface area contributed by atoms with Crippen LogP contribution in [-0.2, 0) is 16.4 Å². The van der Waals surface area contributed by atoms with Crippen LogP contribution in [0.4, 0.5) is 5.82 Å². The quantitative estimate of drug-likeness (QED) is 0.769. The lowest BCUT2D eigenvalue weighted by Gasteiger charge is -2.08. The number of pyridine rings is 1. The van der Waals surface area contributed by atoms with Crippen molar-refractivity contribution >= 4 is 15.7 Å². The van der Waals surface area contributed by atoms with E-state index < -0.39 is 9.84 Å². The van der Waals surface area contributed by atoms with Gasteiger partial charge in [-0.1, -0.05) is 48.5 Å². The third-order valence-electron chi connectivity index (χ3n) is 3.64. The summed E-state index contributed by atoms with van der Waals surface area (Å²) in [6.07, 6.45) is 1.20. The summed E-state index contributed by atoms with van der Waals surface area (Å²) in [7, 11) is -3.18. The van der Waals surface area contributed by atoms with Crippen LogP contribution in [0, 0.1) is 0 Å². The third-order valence-corrected chi connectivity index (χ3v) is 4.77. The largest absolute Gasteiger partial charge is 0.366 e. The summed E-state index contributed by atoms with van der Waals surface area (Å²) in [5, 5.41) is 3.30. The fourth-order valence-electron chi connectivity index (χ4n) is 2.36. The number of benzene rings is 2. The zero-order valence-corrected chi connectivity index (χ0v) is 14.1. The van der Waals surface area contributed by atoms with Crippen molar-refractivity contribution in [2.24, 2.45) is 0 Å². The number of sulfone groups is 1. The predicted molar refractivity (Wildman–Crippen MR) is 96.6 cm³/mol. The van der Waals surface area contributed by atoms with Gasteiger partial charge in [0.05, 0.1) is 10.6 Å². The van der Waals surface area contributed by atoms with Gasteiger partial charge in [-0.15, -0.1) is 0 Å². The van der Waals surface area contributed by atoms with Gasteiger partial charge in [0.25, 0.3) is 0 Å². The standard InChI is InChI=1S/C19H18N2O2S/c1-24(22,23)17-12-10-16(11-13-17)18-8-5-9-19(21-18)20-14-15-6-3-2-4-7-15/h2-13H,14H2,1H3,(H,20,21). The molecule has 0 saturated heterocycles. The van der Waals surface area contributed by atoms with Crippen LogP contribution in [0.15, 0.2) is 77.7 Å². The van der Waals surface area contributed by atoms with Crippen LogP contribution in [0.2, 0.25) is 0 Å². The molecule has 0 aliphatic carbocycles. The minimum atomic E-state index is -3.18. The van der Waals surface area contributed by atoms with Gasteiger partial charge in [0.1, 0.15) is 5.82 Å². The van der Waals surface area contributed by atoms with Gasteiger partial charge in [-0.3, -0.25) is 0 Å². The van der Waals surface area contributed by atoms with E-state index in [-0.39, 0.29) is 0 Å². The van der Waals surface area contributed by atoms with Crippen LogP contribution in [-0.4, -0.2) is 19.7 Å². The van der Waals surface area contributed by atoms with Crippen LogP contribution >= 0.6 is 0 Å². The lowest BCUT2D eigenvalue weighted by atomic mass is 10.1. The van der Waals surface area contributed by atoms with Gasteiger partial charge in [0.15, 0.2) is 9.84 Å². The summed E-state index contributed by atoms with van der Waals surface area (Å²) in [6, 6.07) is 22.6. The summed E-state index contributed by atoms with van der Waals surface area (Å²) in [4.78, 5) is 4.90. The Kier molecular flexibility index (Phi) is 4.62. The van der Waals surface area contributed by atoms with E-state index in [2.05, 4.69) is 22.4 Å². The van der Waals surface area contributed by atoms with Crippen LogP contribution in [0.3, 0.4) is 0 Å². The van der Waals surface area contributed by atoms with Gasteiger partial charge in [-0.25, -0.2) is 13.4 Å². The molecule has 0 spiro atoms. The second-order valence-electron chi connectivity index (χ2n) is 5.54. The molecular weight excluding hydrogens is 320 g/mol. The van der Waals surface area contributed by atoms with Gasteiger partial charge < -0.3 is 5.32 Å². The van der Waals surface area contributed by atoms with Crippen molar-refractivity contribution in [3.63, 3.8) is 0 Å². The first-order chi connectivity index (χ1) is 11.5. The van der Waals surface area contributed by atoms with Crippen molar-refractivity contribution in [2.45, 2.75) is 11.4 Å². The first kappa shape index (κ1) is 16.2. The Hall–Kier alpha value is -2.66. The maximum Gasteiger partial charge on any atom is 0.175 e. The van der Waals surface area contributed by atoms with Gasteiger partial charge in [0.2, 0.25) is 0 Å². The Morgan fingerprint density at radius 1 is 0.875 bits per heavy atom. The average Bonchev–Trinajstić information content (AvgIpc) is 2.60. The van der Waals surface area contributed by atoms with E-state index >= 15 is 0 Å². The van der Waals surface area contributed by atoms with Crippen LogP contribution < -0.4 is 5.32 Å². The minimum Gasteiger partial charge on any atom is -0.366 e. The van der Waals surface area contributed by atoms with Gasteiger partial charge in [-0.2, -0.15) is 0 Å². The SMILES string of the molecule is CS(=O)(=O)c1ccc(-c2cccc(NCc3ccccc3)n2)cc1. The van der Waals surface area contributed by atoms with E-state index in [0.29, 0.717) is 11.4 Å². The van der Waals surface area contributed by atoms with E-state index in [4.69, 9.17) is 0 Å². The Morgan fingerprint density at radius 3 is 2.25 bits per heavy atom. The Bertz CT molecular complexity index is 921. The van der Waals surface area contributed by atoms with Crippen molar-refractivity contribution in [1.29, 1.82) is 0 Å². The van der Waals surface area contributed by atoms with E-state index in [9.17, 15) is 8.42 Å². The molecule has 3 rings (SSSR count). The highest BCUT2D eigenvalue weighted by atomic mass is 32.2. The van der Waals surface area contributed by atoms with Crippen molar-refractivity contribution in [2.75, 3.05) is 11.6 Å². The normalized spacial score (nSPS) is 11.2. The summed E-state index contributed by atoms with van der Waals surface area (Å²) in [5.41, 5.74) is 2.86. The van der Waals surface area contributed by atoms with Crippen LogP contribution in [0.25, 0.3) is 11.3 Å². The maximum absolute atomic E-state index is 11.5. The zero-order valence-electron chi connectivity index (χ0n) is 13.3. The number of nitrogens with one attached hydrogen (secondary N) is 1. The molecule has 0 unspecified atom stereocenters. The smallest absolute Gasteiger partial charge is 0.175 e. The second kappa shape index (κ2) is 6.84. The Balaban J connectivity index is 1.77. The number of aromatic nitrogens is 1. The molecule has 0 radical (unpaired) electrons. The molecule has 1 N–H and O–H groups in total. The maximum atomic E-state index is 11.5. The number of hydrogen-bond acceptors (Lipinski definition) is 4. The molecule has 1 heterocycles. The molecule has 5 heteroatoms. The van der Waals surface area contributed by atoms with Crippen molar-refractivity contribution in [3.05, 3.63) is 78.4 Å². The molecule has 1 aromatic heterocycles. The molecule has 24 heavy (non-hydrogen) atoms. The van der Waals surface area contributed by atoms with Crippen molar-refractivity contribution in [3.8, 4) is 11.3 Å². The van der Waals surface area contributed by atoms with Crippen LogP contribution in [0.5, 0.6) is 0 Å². The topological polar surface area (TPSA) is 59.1 Å². The van der Waals surface area contributed by atoms with Crippen molar-refractivity contribution < 1.29 is 8.42 Å². The molecule has 4 nitrogen and oxygen atoms in total. The summed E-state index contributed by atoms with van der Waals surface area (Å²) in [5.74, 6) is 0.781. The average molecular weight is 338 g/mol. The monoisotopic (exact) mass is 338 g/mol. The third kappa shape index (κ3) is 4.00. The molecule has 0 atom stereocenters. The fraction of sp³-hybridized carbons (Fsp3) is 0.105. The van der Waals surface area contributed by atoms with Gasteiger partial charge >= 0.3 is 0 Å². The Morgan fingerprint density at radius 2 is 1.58 bits per heavy atom. The van der Waals surface area contributed by atoms with Crippen LogP contribution in [0.1, 0.15) is 5.56 Å². The molecule has 0 amide bonds. The summed E-state index contributed by atoms with van der Waals surface area (Å²) >= 11 is 0. The molecule has 122 valence electrons. The highest BCUT2D eigenvalue weighted by Crippen LogP contribution is 2.21. The second-order valence-corrected chi connectivity index (χ2v) is 7.56. The summed E-state index contributed by atoms with van der Waals surface area (Å²) < 4.78 is 23.1. The van der Waals surface area contributed by atoms with Crippen molar-refractivity contribution in [1.82, 2.24) is 4.98 Å². The first-order valence-electron chi connectivity index (χ1n) is 7.58. The molecule has 0 aliphatic heterocycles. The molecular formula is C19H18N2O2S. The fourth-order valence-corrected chi connectivity index (χ4v) is 2.99. The number of nitrogens with zero attached hydrogens (tertiary/aromatic N) is 1. The minimum absolute atomic E-state index is 0.310. The number of rotatable bonds is 5. The molecule has 0 fully saturated rings. The van der Waals surface area contributed by atoms with E-state index in [1.54, 1.807) is 24.3 Å². The molecule has 2 aromatic carbocycles. The molecule has 0 bridgehead atoms. The number of hydrogen-bond donors (Lipinski definition) is 1. The number of anilines is 1. The van der Waals surface area contributed by atoms with E-state index in [0.717, 1.165) is 17.1 Å². The molecule has 0 saturated carbocycles. The zero-order chi connectivity index (χ0) is 17.0. The lowest BCUT2D eigenvalue weighted by Crippen LogP contribution is -2.01. The molecule has 3 aromatic rings. The van der Waals surface area contributed by atoms with E-state index in [1.165, 1.54) is 11.8 Å².